The highest BCUT2D eigenvalue weighted by Crippen LogP contribution is 2.32. The number of carbonyl (C=O) groups excluding carboxylic acids is 2. The van der Waals surface area contributed by atoms with Gasteiger partial charge in [0.2, 0.25) is 0 Å². The van der Waals surface area contributed by atoms with Gasteiger partial charge in [0.05, 0.1) is 16.8 Å². The fourth-order valence-electron chi connectivity index (χ4n) is 2.57. The molecule has 2 heterocycles. The first-order valence-electron chi connectivity index (χ1n) is 7.34. The number of ether oxygens (including phenoxy) is 1. The van der Waals surface area contributed by atoms with E-state index in [-0.39, 0.29) is 23.9 Å². The van der Waals surface area contributed by atoms with E-state index in [0.29, 0.717) is 22.0 Å². The van der Waals surface area contributed by atoms with E-state index in [1.54, 1.807) is 32.2 Å². The van der Waals surface area contributed by atoms with E-state index in [0.717, 1.165) is 0 Å². The Hall–Kier alpha value is -2.60. The maximum atomic E-state index is 12.7. The lowest BCUT2D eigenvalue weighted by atomic mass is 10.0. The molecular weight excluding hydrogens is 332 g/mol. The molecule has 0 radical (unpaired) electrons. The Labute approximate surface area is 143 Å². The molecule has 0 bridgehead atoms. The molecule has 6 nitrogen and oxygen atoms in total. The van der Waals surface area contributed by atoms with Gasteiger partial charge in [-0.05, 0) is 31.2 Å². The van der Waals surface area contributed by atoms with Crippen molar-refractivity contribution >= 4 is 29.0 Å². The molecule has 1 unspecified atom stereocenters. The number of ketones is 1. The number of pyridine rings is 1. The summed E-state index contributed by atoms with van der Waals surface area (Å²) in [6, 6.07) is 6.95. The standard InChI is InChI=1S/C17H15ClN2O4/c1-10(20-8-12(18)4-6-15(20)21)17(23)11-3-5-14-13(7-11)19(2)16(22)9-24-14/h3-8,10H,9H2,1-2H3. The number of nitrogens with zero attached hydrogens (tertiary/aromatic N) is 2. The molecule has 24 heavy (non-hydrogen) atoms. The molecule has 3 rings (SSSR count). The maximum absolute atomic E-state index is 12.7. The fourth-order valence-corrected chi connectivity index (χ4v) is 2.74. The van der Waals surface area contributed by atoms with Gasteiger partial charge in [-0.25, -0.2) is 0 Å². The van der Waals surface area contributed by atoms with Gasteiger partial charge >= 0.3 is 0 Å². The molecular formula is C17H15ClN2O4. The van der Waals surface area contributed by atoms with Crippen LogP contribution in [0.15, 0.2) is 41.3 Å². The summed E-state index contributed by atoms with van der Waals surface area (Å²) in [7, 11) is 1.63. The van der Waals surface area contributed by atoms with Crippen molar-refractivity contribution < 1.29 is 14.3 Å². The van der Waals surface area contributed by atoms with Crippen LogP contribution in [-0.2, 0) is 4.79 Å². The first-order valence-corrected chi connectivity index (χ1v) is 7.71. The second-order valence-corrected chi connectivity index (χ2v) is 5.99. The highest BCUT2D eigenvalue weighted by atomic mass is 35.5. The van der Waals surface area contributed by atoms with Crippen molar-refractivity contribution in [1.29, 1.82) is 0 Å². The van der Waals surface area contributed by atoms with Gasteiger partial charge in [0.1, 0.15) is 5.75 Å². The number of carbonyl (C=O) groups is 2. The van der Waals surface area contributed by atoms with E-state index in [4.69, 9.17) is 16.3 Å². The highest BCUT2D eigenvalue weighted by molar-refractivity contribution is 6.30. The zero-order valence-corrected chi connectivity index (χ0v) is 13.9. The zero-order chi connectivity index (χ0) is 17.4. The molecule has 0 spiro atoms. The van der Waals surface area contributed by atoms with E-state index in [1.165, 1.54) is 27.8 Å². The van der Waals surface area contributed by atoms with Crippen molar-refractivity contribution in [1.82, 2.24) is 4.57 Å². The number of hydrogen-bond acceptors (Lipinski definition) is 4. The monoisotopic (exact) mass is 346 g/mol. The first kappa shape index (κ1) is 16.3. The number of anilines is 1. The molecule has 1 aliphatic heterocycles. The minimum Gasteiger partial charge on any atom is -0.482 e. The summed E-state index contributed by atoms with van der Waals surface area (Å²) in [5.74, 6) is 0.0982. The summed E-state index contributed by atoms with van der Waals surface area (Å²) < 4.78 is 6.63. The van der Waals surface area contributed by atoms with Crippen molar-refractivity contribution in [2.45, 2.75) is 13.0 Å². The Morgan fingerprint density at radius 1 is 1.25 bits per heavy atom. The van der Waals surface area contributed by atoms with Crippen molar-refractivity contribution in [3.63, 3.8) is 0 Å². The Morgan fingerprint density at radius 2 is 2.00 bits per heavy atom. The maximum Gasteiger partial charge on any atom is 0.264 e. The van der Waals surface area contributed by atoms with Crippen molar-refractivity contribution in [3.8, 4) is 5.75 Å². The number of rotatable bonds is 3. The minimum absolute atomic E-state index is 0.0227. The Balaban J connectivity index is 1.97. The van der Waals surface area contributed by atoms with Gasteiger partial charge in [0.25, 0.3) is 11.5 Å². The van der Waals surface area contributed by atoms with Crippen LogP contribution >= 0.6 is 11.6 Å². The van der Waals surface area contributed by atoms with Crippen LogP contribution < -0.4 is 15.2 Å². The van der Waals surface area contributed by atoms with Gasteiger partial charge in [-0.3, -0.25) is 14.4 Å². The molecule has 124 valence electrons. The Bertz CT molecular complexity index is 890. The van der Waals surface area contributed by atoms with Crippen molar-refractivity contribution in [2.75, 3.05) is 18.6 Å². The van der Waals surface area contributed by atoms with E-state index in [1.807, 2.05) is 0 Å². The van der Waals surface area contributed by atoms with Crippen molar-refractivity contribution in [3.05, 3.63) is 57.5 Å². The average molecular weight is 347 g/mol. The van der Waals surface area contributed by atoms with E-state index < -0.39 is 6.04 Å². The number of likely N-dealkylation sites (N-methyl/N-ethyl adjacent to an activating group) is 1. The van der Waals surface area contributed by atoms with Crippen LogP contribution in [0.2, 0.25) is 5.02 Å². The third-order valence-electron chi connectivity index (χ3n) is 4.03. The fraction of sp³-hybridized carbons (Fsp3) is 0.235. The van der Waals surface area contributed by atoms with Gasteiger partial charge in [-0.1, -0.05) is 11.6 Å². The molecule has 0 aliphatic carbocycles. The predicted octanol–water partition coefficient (Wildman–Crippen LogP) is 2.30. The molecule has 1 atom stereocenters. The van der Waals surface area contributed by atoms with Gasteiger partial charge in [-0.15, -0.1) is 0 Å². The topological polar surface area (TPSA) is 68.6 Å². The number of amides is 1. The molecule has 7 heteroatoms. The lowest BCUT2D eigenvalue weighted by Gasteiger charge is -2.26. The number of benzene rings is 1. The molecule has 2 aromatic rings. The highest BCUT2D eigenvalue weighted by Gasteiger charge is 2.25. The van der Waals surface area contributed by atoms with Crippen LogP contribution in [0.25, 0.3) is 0 Å². The smallest absolute Gasteiger partial charge is 0.264 e. The number of halogens is 1. The van der Waals surface area contributed by atoms with E-state index in [9.17, 15) is 14.4 Å². The van der Waals surface area contributed by atoms with Crippen molar-refractivity contribution in [2.24, 2.45) is 0 Å². The quantitative estimate of drug-likeness (QED) is 0.800. The molecule has 1 amide bonds. The summed E-state index contributed by atoms with van der Waals surface area (Å²) >= 11 is 5.91. The average Bonchev–Trinajstić information content (AvgIpc) is 2.59. The lowest BCUT2D eigenvalue weighted by molar-refractivity contribution is -0.120. The van der Waals surface area contributed by atoms with E-state index >= 15 is 0 Å². The van der Waals surface area contributed by atoms with Gasteiger partial charge in [0.15, 0.2) is 12.4 Å². The molecule has 0 saturated heterocycles. The molecule has 1 aromatic carbocycles. The third-order valence-corrected chi connectivity index (χ3v) is 4.25. The second-order valence-electron chi connectivity index (χ2n) is 5.56. The first-order chi connectivity index (χ1) is 11.4. The lowest BCUT2D eigenvalue weighted by Crippen LogP contribution is -2.35. The Morgan fingerprint density at radius 3 is 2.75 bits per heavy atom. The van der Waals surface area contributed by atoms with Crippen LogP contribution in [0.5, 0.6) is 5.75 Å². The number of Topliss-reactive ketones (excluding diaryl/α,β-unsaturated/α-hetero) is 1. The summed E-state index contributed by atoms with van der Waals surface area (Å²) in [5.41, 5.74) is 0.606. The predicted molar refractivity (Wildman–Crippen MR) is 90.1 cm³/mol. The summed E-state index contributed by atoms with van der Waals surface area (Å²) in [6.45, 7) is 1.61. The number of aromatic nitrogens is 1. The largest absolute Gasteiger partial charge is 0.482 e. The number of fused-ring (bicyclic) bond motifs is 1. The SMILES string of the molecule is CC(C(=O)c1ccc2c(c1)N(C)C(=O)CO2)n1cc(Cl)ccc1=O. The third kappa shape index (κ3) is 2.80. The molecule has 0 fully saturated rings. The van der Waals surface area contributed by atoms with Gasteiger partial charge in [-0.2, -0.15) is 0 Å². The van der Waals surface area contributed by atoms with E-state index in [2.05, 4.69) is 0 Å². The zero-order valence-electron chi connectivity index (χ0n) is 13.2. The molecule has 1 aliphatic rings. The van der Waals surface area contributed by atoms with Crippen LogP contribution in [0.1, 0.15) is 23.3 Å². The summed E-state index contributed by atoms with van der Waals surface area (Å²) in [4.78, 5) is 37.9. The Kier molecular flexibility index (Phi) is 4.15. The summed E-state index contributed by atoms with van der Waals surface area (Å²) in [6.07, 6.45) is 1.43. The summed E-state index contributed by atoms with van der Waals surface area (Å²) in [5, 5.41) is 0.374. The van der Waals surface area contributed by atoms with Crippen LogP contribution in [0.4, 0.5) is 5.69 Å². The van der Waals surface area contributed by atoms with Gasteiger partial charge in [0, 0.05) is 24.9 Å². The number of hydrogen-bond donors (Lipinski definition) is 0. The van der Waals surface area contributed by atoms with Gasteiger partial charge < -0.3 is 14.2 Å². The van der Waals surface area contributed by atoms with Crippen LogP contribution in [0.3, 0.4) is 0 Å². The molecule has 1 aromatic heterocycles. The molecule has 0 saturated carbocycles. The second kappa shape index (κ2) is 6.13. The van der Waals surface area contributed by atoms with Crippen LogP contribution in [-0.4, -0.2) is 29.9 Å². The van der Waals surface area contributed by atoms with Crippen LogP contribution in [0, 0.1) is 0 Å². The molecule has 0 N–H and O–H groups in total. The minimum atomic E-state index is -0.722. The normalized spacial score (nSPS) is 14.8.